The van der Waals surface area contributed by atoms with Crippen LogP contribution in [0.15, 0.2) is 30.6 Å². The van der Waals surface area contributed by atoms with Gasteiger partial charge in [-0.05, 0) is 51.8 Å². The molecule has 6 nitrogen and oxygen atoms in total. The van der Waals surface area contributed by atoms with Gasteiger partial charge in [-0.3, -0.25) is 10.1 Å². The normalized spacial score (nSPS) is 15.6. The lowest BCUT2D eigenvalue weighted by Crippen LogP contribution is -2.48. The van der Waals surface area contributed by atoms with Crippen molar-refractivity contribution >= 4 is 6.03 Å². The van der Waals surface area contributed by atoms with E-state index < -0.39 is 0 Å². The van der Waals surface area contributed by atoms with Crippen LogP contribution in [0.4, 0.5) is 4.79 Å². The lowest BCUT2D eigenvalue weighted by Gasteiger charge is -2.36. The van der Waals surface area contributed by atoms with Crippen LogP contribution in [0.1, 0.15) is 45.2 Å². The number of amides is 2. The van der Waals surface area contributed by atoms with Crippen LogP contribution in [-0.4, -0.2) is 56.7 Å². The quantitative estimate of drug-likeness (QED) is 0.925. The van der Waals surface area contributed by atoms with E-state index in [1.54, 1.807) is 12.4 Å². The Balaban J connectivity index is 1.61. The molecule has 0 bridgehead atoms. The Kier molecular flexibility index (Phi) is 5.36. The van der Waals surface area contributed by atoms with E-state index in [9.17, 15) is 4.79 Å². The van der Waals surface area contributed by atoms with Crippen LogP contribution in [0, 0.1) is 0 Å². The molecule has 3 rings (SSSR count). The van der Waals surface area contributed by atoms with Crippen molar-refractivity contribution in [2.75, 3.05) is 19.6 Å². The number of aromatic amines is 1. The van der Waals surface area contributed by atoms with Crippen molar-refractivity contribution in [1.82, 2.24) is 25.0 Å². The second-order valence-corrected chi connectivity index (χ2v) is 6.87. The molecule has 0 unspecified atom stereocenters. The highest BCUT2D eigenvalue weighted by Crippen LogP contribution is 2.29. The highest BCUT2D eigenvalue weighted by atomic mass is 16.2. The van der Waals surface area contributed by atoms with Crippen molar-refractivity contribution in [2.24, 2.45) is 0 Å². The van der Waals surface area contributed by atoms with Crippen molar-refractivity contribution in [3.05, 3.63) is 36.3 Å². The third-order valence-corrected chi connectivity index (χ3v) is 4.99. The number of urea groups is 1. The minimum atomic E-state index is 0.165. The molecule has 134 valence electrons. The van der Waals surface area contributed by atoms with Gasteiger partial charge >= 0.3 is 6.03 Å². The first kappa shape index (κ1) is 17.5. The van der Waals surface area contributed by atoms with Crippen LogP contribution < -0.4 is 0 Å². The van der Waals surface area contributed by atoms with Gasteiger partial charge in [-0.15, -0.1) is 0 Å². The van der Waals surface area contributed by atoms with Gasteiger partial charge in [0.05, 0.1) is 5.69 Å². The summed E-state index contributed by atoms with van der Waals surface area (Å²) < 4.78 is 0. The van der Waals surface area contributed by atoms with Crippen LogP contribution >= 0.6 is 0 Å². The first-order valence-corrected chi connectivity index (χ1v) is 9.11. The van der Waals surface area contributed by atoms with Gasteiger partial charge in [-0.1, -0.05) is 0 Å². The molecule has 2 aromatic rings. The van der Waals surface area contributed by atoms with Crippen LogP contribution in [0.5, 0.6) is 0 Å². The van der Waals surface area contributed by atoms with Crippen LogP contribution in [0.3, 0.4) is 0 Å². The van der Waals surface area contributed by atoms with Gasteiger partial charge in [-0.2, -0.15) is 5.10 Å². The molecule has 0 atom stereocenters. The average molecular weight is 341 g/mol. The van der Waals surface area contributed by atoms with Gasteiger partial charge in [-0.25, -0.2) is 4.79 Å². The molecule has 2 aromatic heterocycles. The second kappa shape index (κ2) is 7.68. The first-order valence-electron chi connectivity index (χ1n) is 9.11. The molecular formula is C19H27N5O. The Morgan fingerprint density at radius 1 is 1.32 bits per heavy atom. The Bertz CT molecular complexity index is 689. The van der Waals surface area contributed by atoms with E-state index in [-0.39, 0.29) is 12.1 Å². The van der Waals surface area contributed by atoms with E-state index in [0.29, 0.717) is 5.92 Å². The topological polar surface area (TPSA) is 65.1 Å². The zero-order valence-corrected chi connectivity index (χ0v) is 15.3. The summed E-state index contributed by atoms with van der Waals surface area (Å²) in [5.41, 5.74) is 3.18. The van der Waals surface area contributed by atoms with E-state index >= 15 is 0 Å². The molecular weight excluding hydrogens is 314 g/mol. The predicted molar refractivity (Wildman–Crippen MR) is 98.3 cm³/mol. The summed E-state index contributed by atoms with van der Waals surface area (Å²) >= 11 is 0. The van der Waals surface area contributed by atoms with Crippen molar-refractivity contribution in [1.29, 1.82) is 0 Å². The Morgan fingerprint density at radius 2 is 2.00 bits per heavy atom. The Morgan fingerprint density at radius 3 is 2.60 bits per heavy atom. The molecule has 0 spiro atoms. The van der Waals surface area contributed by atoms with E-state index in [1.807, 2.05) is 28.9 Å². The molecule has 0 radical (unpaired) electrons. The first-order chi connectivity index (χ1) is 12.1. The summed E-state index contributed by atoms with van der Waals surface area (Å²) in [4.78, 5) is 20.6. The van der Waals surface area contributed by atoms with Gasteiger partial charge in [0.2, 0.25) is 0 Å². The highest BCUT2D eigenvalue weighted by Gasteiger charge is 2.28. The van der Waals surface area contributed by atoms with Crippen LogP contribution in [0.2, 0.25) is 0 Å². The number of carbonyl (C=O) groups is 1. The number of aromatic nitrogens is 3. The van der Waals surface area contributed by atoms with Crippen LogP contribution in [0.25, 0.3) is 11.3 Å². The lowest BCUT2D eigenvalue weighted by molar-refractivity contribution is 0.130. The van der Waals surface area contributed by atoms with Gasteiger partial charge in [0.1, 0.15) is 0 Å². The number of hydrogen-bond donors (Lipinski definition) is 1. The SMILES string of the molecule is CCN(C(=O)N1CCC(c2cc(-c3ccncc3)n[nH]2)CC1)C(C)C. The number of nitrogens with zero attached hydrogens (tertiary/aromatic N) is 4. The number of nitrogens with one attached hydrogen (secondary N) is 1. The zero-order chi connectivity index (χ0) is 17.8. The largest absolute Gasteiger partial charge is 0.325 e. The molecule has 3 heterocycles. The van der Waals surface area contributed by atoms with Crippen molar-refractivity contribution in [3.8, 4) is 11.3 Å². The fourth-order valence-electron chi connectivity index (χ4n) is 3.50. The molecule has 1 fully saturated rings. The summed E-state index contributed by atoms with van der Waals surface area (Å²) in [6.07, 6.45) is 5.50. The number of pyridine rings is 1. The number of piperidine rings is 1. The monoisotopic (exact) mass is 341 g/mol. The van der Waals surface area contributed by atoms with E-state index in [2.05, 4.69) is 35.1 Å². The molecule has 1 aliphatic rings. The minimum absolute atomic E-state index is 0.165. The van der Waals surface area contributed by atoms with Gasteiger partial charge in [0.25, 0.3) is 0 Å². The maximum atomic E-state index is 12.6. The van der Waals surface area contributed by atoms with Gasteiger partial charge in [0, 0.05) is 55.2 Å². The zero-order valence-electron chi connectivity index (χ0n) is 15.3. The minimum Gasteiger partial charge on any atom is -0.325 e. The number of H-pyrrole nitrogens is 1. The molecule has 6 heteroatoms. The highest BCUT2D eigenvalue weighted by molar-refractivity contribution is 5.74. The molecule has 1 aliphatic heterocycles. The van der Waals surface area contributed by atoms with Gasteiger partial charge in [0.15, 0.2) is 0 Å². The summed E-state index contributed by atoms with van der Waals surface area (Å²) in [6.45, 7) is 8.54. The molecule has 1 N–H and O–H groups in total. The smallest absolute Gasteiger partial charge is 0.320 e. The summed E-state index contributed by atoms with van der Waals surface area (Å²) in [5.74, 6) is 0.432. The van der Waals surface area contributed by atoms with E-state index in [1.165, 1.54) is 0 Å². The molecule has 0 saturated carbocycles. The maximum Gasteiger partial charge on any atom is 0.320 e. The maximum absolute atomic E-state index is 12.6. The van der Waals surface area contributed by atoms with Gasteiger partial charge < -0.3 is 9.80 Å². The second-order valence-electron chi connectivity index (χ2n) is 6.87. The van der Waals surface area contributed by atoms with Crippen molar-refractivity contribution in [2.45, 2.75) is 45.6 Å². The number of rotatable bonds is 4. The van der Waals surface area contributed by atoms with Crippen molar-refractivity contribution in [3.63, 3.8) is 0 Å². The molecule has 0 aromatic carbocycles. The predicted octanol–water partition coefficient (Wildman–Crippen LogP) is 3.50. The molecule has 2 amide bonds. The van der Waals surface area contributed by atoms with E-state index in [0.717, 1.165) is 49.4 Å². The molecule has 25 heavy (non-hydrogen) atoms. The number of likely N-dealkylation sites (tertiary alicyclic amines) is 1. The summed E-state index contributed by atoms with van der Waals surface area (Å²) in [7, 11) is 0. The number of hydrogen-bond acceptors (Lipinski definition) is 3. The fraction of sp³-hybridized carbons (Fsp3) is 0.526. The fourth-order valence-corrected chi connectivity index (χ4v) is 3.50. The van der Waals surface area contributed by atoms with Crippen molar-refractivity contribution < 1.29 is 4.79 Å². The van der Waals surface area contributed by atoms with Crippen LogP contribution in [-0.2, 0) is 0 Å². The Labute approximate surface area is 149 Å². The van der Waals surface area contributed by atoms with E-state index in [4.69, 9.17) is 0 Å². The average Bonchev–Trinajstić information content (AvgIpc) is 3.13. The molecule has 0 aliphatic carbocycles. The summed E-state index contributed by atoms with van der Waals surface area (Å²) in [5, 5.41) is 7.62. The molecule has 1 saturated heterocycles. The Hall–Kier alpha value is -2.37. The standard InChI is InChI=1S/C19H27N5O/c1-4-24(14(2)3)19(25)23-11-7-16(8-12-23)18-13-17(21-22-18)15-5-9-20-10-6-15/h5-6,9-10,13-14,16H,4,7-8,11-12H2,1-3H3,(H,21,22). The third-order valence-electron chi connectivity index (χ3n) is 4.99. The number of carbonyl (C=O) groups excluding carboxylic acids is 1. The third kappa shape index (κ3) is 3.83. The summed E-state index contributed by atoms with van der Waals surface area (Å²) in [6, 6.07) is 6.46. The lowest BCUT2D eigenvalue weighted by atomic mass is 9.93.